The minimum atomic E-state index is -1.31. The second-order valence-electron chi connectivity index (χ2n) is 5.50. The van der Waals surface area contributed by atoms with E-state index in [4.69, 9.17) is 0 Å². The first-order valence-corrected chi connectivity index (χ1v) is 7.93. The van der Waals surface area contributed by atoms with Crippen molar-refractivity contribution in [3.8, 4) is 0 Å². The molecule has 24 heavy (non-hydrogen) atoms. The molecule has 6 nitrogen and oxygen atoms in total. The van der Waals surface area contributed by atoms with Crippen LogP contribution in [-0.4, -0.2) is 25.3 Å². The number of halogens is 2. The van der Waals surface area contributed by atoms with Crippen LogP contribution in [0, 0.1) is 5.82 Å². The monoisotopic (exact) mass is 384 g/mol. The van der Waals surface area contributed by atoms with Gasteiger partial charge in [0.05, 0.1) is 22.5 Å². The average molecular weight is 385 g/mol. The van der Waals surface area contributed by atoms with E-state index in [0.717, 1.165) is 25.1 Å². The van der Waals surface area contributed by atoms with Gasteiger partial charge in [0.1, 0.15) is 11.6 Å². The van der Waals surface area contributed by atoms with E-state index in [1.54, 1.807) is 18.5 Å². The summed E-state index contributed by atoms with van der Waals surface area (Å²) in [5, 5.41) is 16.3. The largest absolute Gasteiger partial charge is 1.00 e. The molecule has 0 spiro atoms. The summed E-state index contributed by atoms with van der Waals surface area (Å²) in [6.07, 6.45) is 4.85. The van der Waals surface area contributed by atoms with Gasteiger partial charge in [-0.2, -0.15) is 5.10 Å². The Kier molecular flexibility index (Phi) is 4.56. The summed E-state index contributed by atoms with van der Waals surface area (Å²) in [5.41, 5.74) is 1.40. The molecule has 1 aliphatic heterocycles. The second-order valence-corrected chi connectivity index (χ2v) is 6.36. The van der Waals surface area contributed by atoms with E-state index < -0.39 is 17.8 Å². The molecule has 1 aliphatic rings. The Morgan fingerprint density at radius 2 is 2.21 bits per heavy atom. The first kappa shape index (κ1) is 17.2. The Hall–Kier alpha value is -1.62. The van der Waals surface area contributed by atoms with Gasteiger partial charge < -0.3 is 14.5 Å². The third-order valence-corrected chi connectivity index (χ3v) is 4.74. The van der Waals surface area contributed by atoms with Gasteiger partial charge in [0.25, 0.3) is 0 Å². The van der Waals surface area contributed by atoms with Crippen molar-refractivity contribution in [2.45, 2.75) is 25.4 Å². The van der Waals surface area contributed by atoms with Crippen molar-refractivity contribution in [1.29, 1.82) is 0 Å². The number of rotatable bonds is 3. The van der Waals surface area contributed by atoms with Crippen molar-refractivity contribution >= 4 is 32.8 Å². The van der Waals surface area contributed by atoms with E-state index in [1.165, 1.54) is 10.9 Å². The molecule has 0 saturated carbocycles. The standard InChI is InChI=1S/C15H12BrFN4O2.Li/c16-9-4-3-8-6-21(19-12(8)11(9)17)14(15(22)23)13-10-2-1-5-20(10)7-18-13;/h3-4,6-7,14H,1-2,5H2,(H,22,23);/q;+1/p-1. The van der Waals surface area contributed by atoms with Crippen molar-refractivity contribution < 1.29 is 33.2 Å². The number of carboxylic acids is 1. The number of fused-ring (bicyclic) bond motifs is 2. The third kappa shape index (κ3) is 2.59. The van der Waals surface area contributed by atoms with Crippen LogP contribution < -0.4 is 24.0 Å². The molecule has 0 bridgehead atoms. The fourth-order valence-electron chi connectivity index (χ4n) is 3.06. The van der Waals surface area contributed by atoms with Crippen LogP contribution in [0.4, 0.5) is 4.39 Å². The number of carbonyl (C=O) groups is 1. The van der Waals surface area contributed by atoms with Crippen LogP contribution >= 0.6 is 15.9 Å². The molecule has 3 aromatic rings. The maximum absolute atomic E-state index is 14.1. The van der Waals surface area contributed by atoms with Crippen molar-refractivity contribution in [2.24, 2.45) is 0 Å². The maximum atomic E-state index is 14.1. The van der Waals surface area contributed by atoms with E-state index in [9.17, 15) is 14.3 Å². The molecule has 0 amide bonds. The van der Waals surface area contributed by atoms with Crippen LogP contribution in [0.5, 0.6) is 0 Å². The summed E-state index contributed by atoms with van der Waals surface area (Å²) < 4.78 is 17.6. The summed E-state index contributed by atoms with van der Waals surface area (Å²) in [4.78, 5) is 15.9. The summed E-state index contributed by atoms with van der Waals surface area (Å²) in [7, 11) is 0. The molecule has 1 atom stereocenters. The van der Waals surface area contributed by atoms with Crippen molar-refractivity contribution in [2.75, 3.05) is 0 Å². The van der Waals surface area contributed by atoms with Gasteiger partial charge in [-0.3, -0.25) is 4.68 Å². The van der Waals surface area contributed by atoms with Gasteiger partial charge in [-0.1, -0.05) is 0 Å². The number of aliphatic carboxylic acids is 1. The van der Waals surface area contributed by atoms with Gasteiger partial charge >= 0.3 is 18.9 Å². The Balaban J connectivity index is 0.00000169. The smallest absolute Gasteiger partial charge is 0.547 e. The number of nitrogens with zero attached hydrogens (tertiary/aromatic N) is 4. The van der Waals surface area contributed by atoms with Gasteiger partial charge in [-0.15, -0.1) is 0 Å². The minimum Gasteiger partial charge on any atom is -0.547 e. The van der Waals surface area contributed by atoms with Crippen molar-refractivity contribution in [3.63, 3.8) is 0 Å². The number of hydrogen-bond donors (Lipinski definition) is 0. The van der Waals surface area contributed by atoms with E-state index >= 15 is 0 Å². The average Bonchev–Trinajstić information content (AvgIpc) is 3.19. The van der Waals surface area contributed by atoms with Gasteiger partial charge in [0, 0.05) is 23.8 Å². The molecule has 118 valence electrons. The molecule has 0 fully saturated rings. The topological polar surface area (TPSA) is 75.8 Å². The number of benzene rings is 1. The van der Waals surface area contributed by atoms with E-state index in [2.05, 4.69) is 26.0 Å². The molecule has 1 unspecified atom stereocenters. The SMILES string of the molecule is O=C([O-])C(c1ncn2c1CCC2)n1cc2ccc(Br)c(F)c2n1.[Li+]. The second kappa shape index (κ2) is 6.35. The summed E-state index contributed by atoms with van der Waals surface area (Å²) >= 11 is 3.10. The van der Waals surface area contributed by atoms with Crippen molar-refractivity contribution in [3.05, 3.63) is 46.3 Å². The summed E-state index contributed by atoms with van der Waals surface area (Å²) in [5.74, 6) is -1.83. The fourth-order valence-corrected chi connectivity index (χ4v) is 3.38. The first-order chi connectivity index (χ1) is 11.1. The predicted octanol–water partition coefficient (Wildman–Crippen LogP) is -1.58. The molecule has 9 heteroatoms. The molecule has 2 aromatic heterocycles. The van der Waals surface area contributed by atoms with Crippen LogP contribution in [0.25, 0.3) is 10.9 Å². The number of aromatic nitrogens is 4. The van der Waals surface area contributed by atoms with E-state index in [0.29, 0.717) is 11.1 Å². The molecule has 0 radical (unpaired) electrons. The zero-order valence-electron chi connectivity index (χ0n) is 12.9. The number of hydrogen-bond acceptors (Lipinski definition) is 4. The van der Waals surface area contributed by atoms with Crippen LogP contribution in [0.15, 0.2) is 29.1 Å². The zero-order valence-corrected chi connectivity index (χ0v) is 14.5. The number of aryl methyl sites for hydroxylation is 1. The number of carboxylic acid groups (broad SMARTS) is 1. The van der Waals surface area contributed by atoms with Crippen LogP contribution in [0.3, 0.4) is 0 Å². The molecule has 0 N–H and O–H groups in total. The van der Waals surface area contributed by atoms with Gasteiger partial charge in [-0.25, -0.2) is 9.37 Å². The van der Waals surface area contributed by atoms with E-state index in [-0.39, 0.29) is 28.9 Å². The molecular formula is C15H11BrFLiN4O2. The molecular weight excluding hydrogens is 374 g/mol. The Bertz CT molecular complexity index is 939. The zero-order chi connectivity index (χ0) is 16.1. The van der Waals surface area contributed by atoms with Gasteiger partial charge in [0.2, 0.25) is 0 Å². The molecule has 1 aromatic carbocycles. The Morgan fingerprint density at radius 1 is 1.42 bits per heavy atom. The van der Waals surface area contributed by atoms with Gasteiger partial charge in [-0.05, 0) is 40.9 Å². The molecule has 4 rings (SSSR count). The van der Waals surface area contributed by atoms with E-state index in [1.807, 2.05) is 4.57 Å². The molecule has 0 saturated heterocycles. The maximum Gasteiger partial charge on any atom is 1.00 e. The molecule has 3 heterocycles. The number of carbonyl (C=O) groups excluding carboxylic acids is 1. The molecule has 0 aliphatic carbocycles. The first-order valence-electron chi connectivity index (χ1n) is 7.14. The Morgan fingerprint density at radius 3 is 2.96 bits per heavy atom. The Labute approximate surface area is 157 Å². The summed E-state index contributed by atoms with van der Waals surface area (Å²) in [6, 6.07) is 2.07. The van der Waals surface area contributed by atoms with Crippen LogP contribution in [-0.2, 0) is 17.8 Å². The van der Waals surface area contributed by atoms with Crippen LogP contribution in [0.2, 0.25) is 0 Å². The van der Waals surface area contributed by atoms with Gasteiger partial charge in [0.15, 0.2) is 5.82 Å². The predicted molar refractivity (Wildman–Crippen MR) is 81.1 cm³/mol. The minimum absolute atomic E-state index is 0. The van der Waals surface area contributed by atoms with Crippen LogP contribution in [0.1, 0.15) is 23.9 Å². The normalized spacial score (nSPS) is 14.4. The fraction of sp³-hybridized carbons (Fsp3) is 0.267. The quantitative estimate of drug-likeness (QED) is 0.511. The summed E-state index contributed by atoms with van der Waals surface area (Å²) in [6.45, 7) is 0.824. The number of imidazole rings is 1. The third-order valence-electron chi connectivity index (χ3n) is 4.13. The van der Waals surface area contributed by atoms with Crippen molar-refractivity contribution in [1.82, 2.24) is 19.3 Å².